The van der Waals surface area contributed by atoms with Crippen LogP contribution in [-0.2, 0) is 24.6 Å². The highest BCUT2D eigenvalue weighted by molar-refractivity contribution is 6.01. The van der Waals surface area contributed by atoms with Crippen LogP contribution in [0.25, 0.3) is 0 Å². The van der Waals surface area contributed by atoms with E-state index in [1.165, 1.54) is 11.6 Å². The van der Waals surface area contributed by atoms with Crippen molar-refractivity contribution in [3.8, 4) is 0 Å². The summed E-state index contributed by atoms with van der Waals surface area (Å²) >= 11 is 0. The number of ether oxygens (including phenoxy) is 2. The third-order valence-electron chi connectivity index (χ3n) is 2.52. The summed E-state index contributed by atoms with van der Waals surface area (Å²) in [5.74, 6) is -1.35. The molecular weight excluding hydrogens is 236 g/mol. The SMILES string of the molecule is CCOC(=O)C(C)(C(=O)OCC)n1cc(C)cn1. The number of carbonyl (C=O) groups is 2. The first-order valence-corrected chi connectivity index (χ1v) is 5.83. The molecule has 0 N–H and O–H groups in total. The molecule has 0 aromatic carbocycles. The van der Waals surface area contributed by atoms with Gasteiger partial charge in [0, 0.05) is 6.20 Å². The molecule has 0 bridgehead atoms. The molecule has 1 aromatic rings. The van der Waals surface area contributed by atoms with Crippen molar-refractivity contribution in [1.82, 2.24) is 9.78 Å². The highest BCUT2D eigenvalue weighted by Crippen LogP contribution is 2.20. The lowest BCUT2D eigenvalue weighted by Gasteiger charge is -2.25. The summed E-state index contributed by atoms with van der Waals surface area (Å²) in [6.45, 7) is 6.99. The minimum absolute atomic E-state index is 0.189. The Labute approximate surface area is 106 Å². The number of carbonyl (C=O) groups excluding carboxylic acids is 2. The van der Waals surface area contributed by atoms with Crippen LogP contribution in [0.15, 0.2) is 12.4 Å². The average molecular weight is 254 g/mol. The van der Waals surface area contributed by atoms with Crippen molar-refractivity contribution in [1.29, 1.82) is 0 Å². The second-order valence-electron chi connectivity index (χ2n) is 3.98. The Morgan fingerprint density at radius 2 is 1.78 bits per heavy atom. The molecule has 0 saturated carbocycles. The molecular formula is C12H18N2O4. The Bertz CT molecular complexity index is 421. The van der Waals surface area contributed by atoms with Crippen LogP contribution in [0.2, 0.25) is 0 Å². The van der Waals surface area contributed by atoms with Crippen LogP contribution in [0.5, 0.6) is 0 Å². The molecule has 0 radical (unpaired) electrons. The number of esters is 2. The fraction of sp³-hybridized carbons (Fsp3) is 0.583. The highest BCUT2D eigenvalue weighted by Gasteiger charge is 2.47. The van der Waals surface area contributed by atoms with E-state index in [0.29, 0.717) is 0 Å². The highest BCUT2D eigenvalue weighted by atomic mass is 16.6. The van der Waals surface area contributed by atoms with Gasteiger partial charge in [0.2, 0.25) is 0 Å². The van der Waals surface area contributed by atoms with Crippen molar-refractivity contribution in [2.45, 2.75) is 33.2 Å². The van der Waals surface area contributed by atoms with Crippen molar-refractivity contribution in [2.24, 2.45) is 0 Å². The third-order valence-corrected chi connectivity index (χ3v) is 2.52. The van der Waals surface area contributed by atoms with E-state index in [0.717, 1.165) is 5.56 Å². The summed E-state index contributed by atoms with van der Waals surface area (Å²) in [4.78, 5) is 24.0. The Morgan fingerprint density at radius 1 is 1.28 bits per heavy atom. The largest absolute Gasteiger partial charge is 0.464 e. The standard InChI is InChI=1S/C12H18N2O4/c1-5-17-10(15)12(4,11(16)18-6-2)14-8-9(3)7-13-14/h7-8H,5-6H2,1-4H3. The summed E-state index contributed by atoms with van der Waals surface area (Å²) in [5.41, 5.74) is -0.741. The summed E-state index contributed by atoms with van der Waals surface area (Å²) < 4.78 is 11.2. The molecule has 0 unspecified atom stereocenters. The average Bonchev–Trinajstić information content (AvgIpc) is 2.75. The van der Waals surface area contributed by atoms with Crippen LogP contribution in [0, 0.1) is 6.92 Å². The molecule has 18 heavy (non-hydrogen) atoms. The van der Waals surface area contributed by atoms with E-state index in [1.807, 2.05) is 6.92 Å². The minimum Gasteiger partial charge on any atom is -0.464 e. The lowest BCUT2D eigenvalue weighted by molar-refractivity contribution is -0.169. The first-order valence-electron chi connectivity index (χ1n) is 5.83. The molecule has 0 aliphatic carbocycles. The van der Waals surface area contributed by atoms with Gasteiger partial charge in [-0.15, -0.1) is 0 Å². The van der Waals surface area contributed by atoms with Crippen LogP contribution < -0.4 is 0 Å². The van der Waals surface area contributed by atoms with Crippen molar-refractivity contribution < 1.29 is 19.1 Å². The first-order chi connectivity index (χ1) is 8.46. The van der Waals surface area contributed by atoms with E-state index >= 15 is 0 Å². The summed E-state index contributed by atoms with van der Waals surface area (Å²) in [6, 6.07) is 0. The normalized spacial score (nSPS) is 11.1. The van der Waals surface area contributed by atoms with Gasteiger partial charge in [0.15, 0.2) is 0 Å². The fourth-order valence-electron chi connectivity index (χ4n) is 1.47. The van der Waals surface area contributed by atoms with E-state index in [-0.39, 0.29) is 13.2 Å². The van der Waals surface area contributed by atoms with E-state index in [1.54, 1.807) is 26.2 Å². The molecule has 0 aliphatic heterocycles. The minimum atomic E-state index is -1.58. The number of aromatic nitrogens is 2. The van der Waals surface area contributed by atoms with Crippen molar-refractivity contribution in [3.05, 3.63) is 18.0 Å². The lowest BCUT2D eigenvalue weighted by atomic mass is 10.0. The van der Waals surface area contributed by atoms with E-state index in [4.69, 9.17) is 9.47 Å². The zero-order chi connectivity index (χ0) is 13.8. The van der Waals surface area contributed by atoms with E-state index in [9.17, 15) is 9.59 Å². The predicted octanol–water partition coefficient (Wildman–Crippen LogP) is 1.03. The molecule has 1 heterocycles. The molecule has 1 aromatic heterocycles. The number of hydrogen-bond donors (Lipinski definition) is 0. The monoisotopic (exact) mass is 254 g/mol. The Kier molecular flexibility index (Phi) is 4.47. The van der Waals surface area contributed by atoms with E-state index in [2.05, 4.69) is 5.10 Å². The van der Waals surface area contributed by atoms with Gasteiger partial charge in [-0.3, -0.25) is 0 Å². The van der Waals surface area contributed by atoms with Gasteiger partial charge in [-0.2, -0.15) is 5.10 Å². The molecule has 0 atom stereocenters. The van der Waals surface area contributed by atoms with Crippen LogP contribution in [0.4, 0.5) is 0 Å². The molecule has 6 nitrogen and oxygen atoms in total. The maximum absolute atomic E-state index is 12.0. The molecule has 0 aliphatic rings. The van der Waals surface area contributed by atoms with Crippen LogP contribution in [-0.4, -0.2) is 34.9 Å². The van der Waals surface area contributed by atoms with Gasteiger partial charge in [-0.05, 0) is 33.3 Å². The Balaban J connectivity index is 3.16. The quantitative estimate of drug-likeness (QED) is 0.580. The van der Waals surface area contributed by atoms with Crippen molar-refractivity contribution in [3.63, 3.8) is 0 Å². The van der Waals surface area contributed by atoms with E-state index < -0.39 is 17.5 Å². The van der Waals surface area contributed by atoms with Crippen molar-refractivity contribution in [2.75, 3.05) is 13.2 Å². The molecule has 100 valence electrons. The maximum Gasteiger partial charge on any atom is 0.345 e. The molecule has 6 heteroatoms. The number of hydrogen-bond acceptors (Lipinski definition) is 5. The van der Waals surface area contributed by atoms with Crippen LogP contribution >= 0.6 is 0 Å². The zero-order valence-electron chi connectivity index (χ0n) is 11.1. The van der Waals surface area contributed by atoms with Crippen LogP contribution in [0.3, 0.4) is 0 Å². The second kappa shape index (κ2) is 5.66. The van der Waals surface area contributed by atoms with Gasteiger partial charge in [-0.1, -0.05) is 0 Å². The first kappa shape index (κ1) is 14.2. The smallest absolute Gasteiger partial charge is 0.345 e. The number of aryl methyl sites for hydroxylation is 1. The van der Waals surface area contributed by atoms with Gasteiger partial charge in [0.05, 0.1) is 19.4 Å². The fourth-order valence-corrected chi connectivity index (χ4v) is 1.47. The molecule has 0 saturated heterocycles. The molecule has 0 spiro atoms. The van der Waals surface area contributed by atoms with Gasteiger partial charge in [0.1, 0.15) is 0 Å². The Hall–Kier alpha value is -1.85. The number of rotatable bonds is 5. The third kappa shape index (κ3) is 2.52. The summed E-state index contributed by atoms with van der Waals surface area (Å²) in [6.07, 6.45) is 3.17. The molecule has 0 amide bonds. The van der Waals surface area contributed by atoms with Crippen molar-refractivity contribution >= 4 is 11.9 Å². The Morgan fingerprint density at radius 3 is 2.11 bits per heavy atom. The molecule has 0 fully saturated rings. The van der Waals surface area contributed by atoms with Crippen LogP contribution in [0.1, 0.15) is 26.3 Å². The molecule has 1 rings (SSSR count). The van der Waals surface area contributed by atoms with Gasteiger partial charge < -0.3 is 9.47 Å². The van der Waals surface area contributed by atoms with Gasteiger partial charge >= 0.3 is 11.9 Å². The zero-order valence-corrected chi connectivity index (χ0v) is 11.1. The lowest BCUT2D eigenvalue weighted by Crippen LogP contribution is -2.49. The number of nitrogens with zero attached hydrogens (tertiary/aromatic N) is 2. The van der Waals surface area contributed by atoms with Gasteiger partial charge in [0.25, 0.3) is 5.54 Å². The second-order valence-corrected chi connectivity index (χ2v) is 3.98. The predicted molar refractivity (Wildman–Crippen MR) is 63.9 cm³/mol. The summed E-state index contributed by atoms with van der Waals surface area (Å²) in [7, 11) is 0. The maximum atomic E-state index is 12.0. The topological polar surface area (TPSA) is 70.4 Å². The van der Waals surface area contributed by atoms with Gasteiger partial charge in [-0.25, -0.2) is 14.3 Å². The summed E-state index contributed by atoms with van der Waals surface area (Å²) in [5, 5.41) is 4.01.